The zero-order valence-corrected chi connectivity index (χ0v) is 9.27. The average Bonchev–Trinajstić information content (AvgIpc) is 2.38. The average molecular weight is 238 g/mol. The summed E-state index contributed by atoms with van der Waals surface area (Å²) < 4.78 is 0. The van der Waals surface area contributed by atoms with Crippen molar-refractivity contribution in [3.8, 4) is 0 Å². The molecule has 0 spiro atoms. The van der Waals surface area contributed by atoms with Gasteiger partial charge in [-0.1, -0.05) is 30.3 Å². The molecule has 0 aliphatic rings. The van der Waals surface area contributed by atoms with Crippen molar-refractivity contribution in [1.29, 1.82) is 0 Å². The number of rotatable bonds is 1. The third-order valence-corrected chi connectivity index (χ3v) is 3.00. The van der Waals surface area contributed by atoms with Crippen molar-refractivity contribution in [1.82, 2.24) is 4.98 Å². The Morgan fingerprint density at radius 1 is 1.06 bits per heavy atom. The Labute approximate surface area is 101 Å². The van der Waals surface area contributed by atoms with Gasteiger partial charge in [-0.05, 0) is 11.5 Å². The number of aromatic carboxylic acids is 1. The molecule has 0 atom stereocenters. The Kier molecular flexibility index (Phi) is 2.16. The fourth-order valence-corrected chi connectivity index (χ4v) is 2.12. The van der Waals surface area contributed by atoms with Gasteiger partial charge in [-0.15, -0.1) is 0 Å². The number of carbonyl (C=O) groups is 1. The summed E-state index contributed by atoms with van der Waals surface area (Å²) in [6.45, 7) is 0. The Balaban J connectivity index is 2.52. The molecule has 18 heavy (non-hydrogen) atoms. The molecule has 1 aromatic heterocycles. The van der Waals surface area contributed by atoms with Crippen LogP contribution >= 0.6 is 0 Å². The van der Waals surface area contributed by atoms with Crippen LogP contribution in [-0.2, 0) is 0 Å². The van der Waals surface area contributed by atoms with Crippen LogP contribution < -0.4 is 10.5 Å². The highest BCUT2D eigenvalue weighted by Crippen LogP contribution is 2.21. The summed E-state index contributed by atoms with van der Waals surface area (Å²) >= 11 is 0. The second kappa shape index (κ2) is 3.70. The number of hydrogen-bond donors (Lipinski definition) is 1. The molecule has 0 bridgehead atoms. The number of fused-ring (bicyclic) bond motifs is 3. The first kappa shape index (κ1) is 10.5. The molecule has 0 amide bonds. The van der Waals surface area contributed by atoms with Crippen LogP contribution in [0.4, 0.5) is 0 Å². The first-order valence-corrected chi connectivity index (χ1v) is 5.43. The summed E-state index contributed by atoms with van der Waals surface area (Å²) in [7, 11) is 0. The maximum absolute atomic E-state index is 12.0. The molecule has 0 unspecified atom stereocenters. The molecule has 2 aromatic carbocycles. The van der Waals surface area contributed by atoms with Crippen LogP contribution in [0.2, 0.25) is 0 Å². The lowest BCUT2D eigenvalue weighted by molar-refractivity contribution is -0.255. The highest BCUT2D eigenvalue weighted by atomic mass is 16.4. The van der Waals surface area contributed by atoms with E-state index in [1.54, 1.807) is 12.1 Å². The zero-order valence-electron chi connectivity index (χ0n) is 9.27. The molecule has 0 aliphatic carbocycles. The monoisotopic (exact) mass is 238 g/mol. The van der Waals surface area contributed by atoms with Crippen molar-refractivity contribution in [2.24, 2.45) is 0 Å². The molecule has 88 valence electrons. The van der Waals surface area contributed by atoms with Crippen LogP contribution in [0, 0.1) is 0 Å². The van der Waals surface area contributed by atoms with Crippen LogP contribution in [0.15, 0.2) is 47.4 Å². The molecule has 3 rings (SSSR count). The molecule has 0 radical (unpaired) electrons. The van der Waals surface area contributed by atoms with Gasteiger partial charge in [-0.25, -0.2) is 0 Å². The number of hydrogen-bond acceptors (Lipinski definition) is 3. The fourth-order valence-electron chi connectivity index (χ4n) is 2.12. The third kappa shape index (κ3) is 1.39. The van der Waals surface area contributed by atoms with Crippen LogP contribution in [-0.4, -0.2) is 11.0 Å². The molecule has 0 fully saturated rings. The lowest BCUT2D eigenvalue weighted by atomic mass is 10.0. The number of H-pyrrole nitrogens is 1. The molecule has 0 aliphatic heterocycles. The number of nitrogens with one attached hydrogen (secondary N) is 1. The Morgan fingerprint density at radius 2 is 1.83 bits per heavy atom. The van der Waals surface area contributed by atoms with E-state index in [0.29, 0.717) is 10.9 Å². The van der Waals surface area contributed by atoms with E-state index in [-0.39, 0.29) is 5.56 Å². The number of carboxylic acid groups (broad SMARTS) is 1. The maximum Gasteiger partial charge on any atom is 0.198 e. The van der Waals surface area contributed by atoms with E-state index in [9.17, 15) is 14.7 Å². The summed E-state index contributed by atoms with van der Waals surface area (Å²) in [6.07, 6.45) is 1.19. The van der Waals surface area contributed by atoms with E-state index < -0.39 is 11.4 Å². The molecule has 4 heteroatoms. The largest absolute Gasteiger partial charge is 0.545 e. The zero-order chi connectivity index (χ0) is 12.7. The van der Waals surface area contributed by atoms with E-state index in [2.05, 4.69) is 4.98 Å². The molecule has 0 saturated heterocycles. The van der Waals surface area contributed by atoms with E-state index >= 15 is 0 Å². The number of aromatic nitrogens is 1. The van der Waals surface area contributed by atoms with Crippen molar-refractivity contribution in [3.05, 3.63) is 58.4 Å². The van der Waals surface area contributed by atoms with Crippen LogP contribution in [0.5, 0.6) is 0 Å². The first-order valence-electron chi connectivity index (χ1n) is 5.43. The van der Waals surface area contributed by atoms with Gasteiger partial charge in [0.2, 0.25) is 0 Å². The van der Waals surface area contributed by atoms with Crippen molar-refractivity contribution in [2.45, 2.75) is 0 Å². The number of benzene rings is 2. The molecule has 0 saturated carbocycles. The van der Waals surface area contributed by atoms with Crippen molar-refractivity contribution >= 4 is 27.6 Å². The predicted octanol–water partition coefficient (Wildman–Crippen LogP) is 1.04. The topological polar surface area (TPSA) is 73.0 Å². The summed E-state index contributed by atoms with van der Waals surface area (Å²) in [5.41, 5.74) is -0.226. The third-order valence-electron chi connectivity index (χ3n) is 3.00. The number of carboxylic acids is 1. The van der Waals surface area contributed by atoms with Gasteiger partial charge in [0.25, 0.3) is 0 Å². The van der Waals surface area contributed by atoms with Crippen LogP contribution in [0.1, 0.15) is 10.4 Å². The van der Waals surface area contributed by atoms with E-state index in [4.69, 9.17) is 0 Å². The summed E-state index contributed by atoms with van der Waals surface area (Å²) in [5, 5.41) is 13.0. The van der Waals surface area contributed by atoms with Gasteiger partial charge in [0.15, 0.2) is 5.43 Å². The summed E-state index contributed by atoms with van der Waals surface area (Å²) in [5.74, 6) is -1.47. The van der Waals surface area contributed by atoms with Crippen molar-refractivity contribution in [2.75, 3.05) is 0 Å². The Morgan fingerprint density at radius 3 is 2.61 bits per heavy atom. The van der Waals surface area contributed by atoms with Gasteiger partial charge < -0.3 is 14.9 Å². The fraction of sp³-hybridized carbons (Fsp3) is 0. The van der Waals surface area contributed by atoms with Crippen LogP contribution in [0.3, 0.4) is 0 Å². The van der Waals surface area contributed by atoms with Crippen molar-refractivity contribution < 1.29 is 9.90 Å². The highest BCUT2D eigenvalue weighted by molar-refractivity contribution is 6.06. The predicted molar refractivity (Wildman–Crippen MR) is 66.4 cm³/mol. The number of carbonyl (C=O) groups excluding carboxylic acids is 1. The van der Waals surface area contributed by atoms with Gasteiger partial charge in [0.05, 0.1) is 17.0 Å². The maximum atomic E-state index is 12.0. The van der Waals surface area contributed by atoms with Gasteiger partial charge in [-0.2, -0.15) is 0 Å². The molecule has 3 aromatic rings. The van der Waals surface area contributed by atoms with E-state index in [1.807, 2.05) is 24.3 Å². The number of pyridine rings is 1. The van der Waals surface area contributed by atoms with E-state index in [1.165, 1.54) is 6.20 Å². The lowest BCUT2D eigenvalue weighted by Crippen LogP contribution is -2.29. The van der Waals surface area contributed by atoms with Crippen molar-refractivity contribution in [3.63, 3.8) is 0 Å². The smallest absolute Gasteiger partial charge is 0.198 e. The molecule has 4 nitrogen and oxygen atoms in total. The minimum absolute atomic E-state index is 0.349. The molecular formula is C14H8NO3-. The quantitative estimate of drug-likeness (QED) is 0.644. The lowest BCUT2D eigenvalue weighted by Gasteiger charge is -2.06. The molecule has 1 heterocycles. The van der Waals surface area contributed by atoms with E-state index in [0.717, 1.165) is 10.8 Å². The summed E-state index contributed by atoms with van der Waals surface area (Å²) in [4.78, 5) is 25.6. The van der Waals surface area contributed by atoms with Gasteiger partial charge in [0, 0.05) is 17.0 Å². The normalized spacial score (nSPS) is 10.9. The first-order chi connectivity index (χ1) is 8.68. The second-order valence-corrected chi connectivity index (χ2v) is 4.03. The standard InChI is InChI=1S/C14H9NO3/c16-13-10-6-5-8-3-1-2-4-9(8)12(10)15-7-11(13)14(17)18/h1-7H,(H,15,16)(H,17,18)/p-1. The summed E-state index contributed by atoms with van der Waals surface area (Å²) in [6, 6.07) is 11.0. The van der Waals surface area contributed by atoms with Crippen LogP contribution in [0.25, 0.3) is 21.7 Å². The number of aromatic amines is 1. The highest BCUT2D eigenvalue weighted by Gasteiger charge is 2.07. The second-order valence-electron chi connectivity index (χ2n) is 4.03. The van der Waals surface area contributed by atoms with Gasteiger partial charge >= 0.3 is 0 Å². The minimum atomic E-state index is -1.47. The Bertz CT molecular complexity index is 833. The Hall–Kier alpha value is -2.62. The molecule has 1 N–H and O–H groups in total. The SMILES string of the molecule is O=C([O-])c1c[nH]c2c(ccc3ccccc32)c1=O. The minimum Gasteiger partial charge on any atom is -0.545 e. The molecular weight excluding hydrogens is 230 g/mol. The van der Waals surface area contributed by atoms with Gasteiger partial charge in [0.1, 0.15) is 0 Å². The van der Waals surface area contributed by atoms with Gasteiger partial charge in [-0.3, -0.25) is 4.79 Å².